The molecule has 0 radical (unpaired) electrons. The van der Waals surface area contributed by atoms with Crippen LogP contribution in [0.25, 0.3) is 0 Å². The van der Waals surface area contributed by atoms with Gasteiger partial charge in [0, 0.05) is 6.42 Å². The minimum absolute atomic E-state index is 0.00443. The van der Waals surface area contributed by atoms with E-state index in [0.717, 1.165) is 0 Å². The first kappa shape index (κ1) is 33.7. The number of ether oxygens (including phenoxy) is 6. The van der Waals surface area contributed by atoms with Crippen LogP contribution in [0.4, 0.5) is 9.59 Å². The van der Waals surface area contributed by atoms with Crippen molar-refractivity contribution in [2.45, 2.75) is 112 Å². The normalized spacial score (nSPS) is 14.1. The van der Waals surface area contributed by atoms with Crippen LogP contribution in [0.3, 0.4) is 0 Å². The second kappa shape index (κ2) is 14.2. The van der Waals surface area contributed by atoms with E-state index in [1.54, 1.807) is 61.5 Å². The van der Waals surface area contributed by atoms with Gasteiger partial charge in [0.05, 0.1) is 0 Å². The molecule has 0 aliphatic carbocycles. The summed E-state index contributed by atoms with van der Waals surface area (Å²) in [5.74, 6) is -1.18. The van der Waals surface area contributed by atoms with Gasteiger partial charge in [-0.05, 0) is 85.4 Å². The molecule has 0 amide bonds. The highest BCUT2D eigenvalue weighted by Gasteiger charge is 2.26. The summed E-state index contributed by atoms with van der Waals surface area (Å²) in [7, 11) is 0. The number of hydrogen-bond donors (Lipinski definition) is 1. The third-order valence-electron chi connectivity index (χ3n) is 4.79. The first-order valence-corrected chi connectivity index (χ1v) is 12.9. The Balaban J connectivity index is 2.98. The van der Waals surface area contributed by atoms with Crippen LogP contribution >= 0.6 is 0 Å². The number of carbonyl (C=O) groups is 4. The molecule has 220 valence electrons. The fourth-order valence-corrected chi connectivity index (χ4v) is 2.95. The second-order valence-electron chi connectivity index (χ2n) is 11.7. The van der Waals surface area contributed by atoms with Crippen molar-refractivity contribution in [1.82, 2.24) is 0 Å². The van der Waals surface area contributed by atoms with Crippen LogP contribution < -0.4 is 15.2 Å². The lowest BCUT2D eigenvalue weighted by atomic mass is 10.1. The van der Waals surface area contributed by atoms with Gasteiger partial charge < -0.3 is 34.2 Å². The van der Waals surface area contributed by atoms with Crippen molar-refractivity contribution in [1.29, 1.82) is 0 Å². The van der Waals surface area contributed by atoms with Crippen LogP contribution in [0.5, 0.6) is 11.5 Å². The molecule has 1 unspecified atom stereocenters. The van der Waals surface area contributed by atoms with Crippen LogP contribution in [0.1, 0.15) is 81.2 Å². The maximum atomic E-state index is 12.6. The van der Waals surface area contributed by atoms with Crippen molar-refractivity contribution in [3.8, 4) is 11.5 Å². The molecule has 0 bridgehead atoms. The minimum atomic E-state index is -1.09. The molecule has 0 aromatic heterocycles. The third kappa shape index (κ3) is 13.9. The van der Waals surface area contributed by atoms with Gasteiger partial charge in [0.2, 0.25) is 0 Å². The molecule has 39 heavy (non-hydrogen) atoms. The predicted octanol–water partition coefficient (Wildman–Crippen LogP) is 5.09. The Morgan fingerprint density at radius 2 is 1.26 bits per heavy atom. The lowest BCUT2D eigenvalue weighted by Gasteiger charge is -2.23. The average molecular weight is 554 g/mol. The van der Waals surface area contributed by atoms with E-state index in [4.69, 9.17) is 34.2 Å². The first-order chi connectivity index (χ1) is 17.8. The van der Waals surface area contributed by atoms with Gasteiger partial charge >= 0.3 is 24.2 Å². The highest BCUT2D eigenvalue weighted by atomic mass is 16.8. The fourth-order valence-electron chi connectivity index (χ4n) is 2.95. The molecule has 1 aromatic carbocycles. The van der Waals surface area contributed by atoms with E-state index >= 15 is 0 Å². The fraction of sp³-hybridized carbons (Fsp3) is 0.643. The molecular formula is C28H43NO10. The molecule has 0 aliphatic rings. The number of esters is 2. The predicted molar refractivity (Wildman–Crippen MR) is 142 cm³/mol. The Labute approximate surface area is 230 Å². The summed E-state index contributed by atoms with van der Waals surface area (Å²) in [5, 5.41) is 0. The zero-order chi connectivity index (χ0) is 30.1. The van der Waals surface area contributed by atoms with Crippen LogP contribution in [-0.4, -0.2) is 53.7 Å². The Bertz CT molecular complexity index is 1010. The van der Waals surface area contributed by atoms with Crippen molar-refractivity contribution in [2.75, 3.05) is 0 Å². The SMILES string of the molecule is CC(C)CC(=O)OC(C)[C@H](C)OC(=O)[C@@H](N)Cc1ccc(OC(=O)OC(C)(C)C)c(OC(=O)OC(C)(C)C)c1. The number of benzene rings is 1. The first-order valence-electron chi connectivity index (χ1n) is 12.9. The summed E-state index contributed by atoms with van der Waals surface area (Å²) in [4.78, 5) is 49.0. The Morgan fingerprint density at radius 1 is 0.769 bits per heavy atom. The molecule has 3 atom stereocenters. The van der Waals surface area contributed by atoms with Gasteiger partial charge in [-0.15, -0.1) is 0 Å². The van der Waals surface area contributed by atoms with Gasteiger partial charge in [-0.3, -0.25) is 9.59 Å². The number of carbonyl (C=O) groups excluding carboxylic acids is 4. The van der Waals surface area contributed by atoms with Crippen molar-refractivity contribution in [3.63, 3.8) is 0 Å². The van der Waals surface area contributed by atoms with Gasteiger partial charge in [-0.25, -0.2) is 9.59 Å². The summed E-state index contributed by atoms with van der Waals surface area (Å²) in [6.07, 6.45) is -3.15. The molecule has 11 heteroatoms. The quantitative estimate of drug-likeness (QED) is 0.234. The lowest BCUT2D eigenvalue weighted by Crippen LogP contribution is -2.39. The molecule has 0 spiro atoms. The molecule has 1 rings (SSSR count). The van der Waals surface area contributed by atoms with Gasteiger partial charge in [0.1, 0.15) is 29.5 Å². The van der Waals surface area contributed by atoms with Gasteiger partial charge in [0.15, 0.2) is 11.5 Å². The van der Waals surface area contributed by atoms with Crippen molar-refractivity contribution in [2.24, 2.45) is 11.7 Å². The summed E-state index contributed by atoms with van der Waals surface area (Å²) < 4.78 is 31.6. The van der Waals surface area contributed by atoms with E-state index < -0.39 is 47.7 Å². The van der Waals surface area contributed by atoms with Crippen LogP contribution in [0.15, 0.2) is 18.2 Å². The monoisotopic (exact) mass is 553 g/mol. The standard InChI is InChI=1S/C28H43NO10/c1-16(2)13-23(30)34-17(3)18(4)35-24(31)20(29)14-19-11-12-21(36-25(32)38-27(5,6)7)22(15-19)37-26(33)39-28(8,9)10/h11-12,15-18,20H,13-14,29H2,1-10H3/t17?,18-,20-/m0/s1. The van der Waals surface area contributed by atoms with Gasteiger partial charge in [-0.2, -0.15) is 0 Å². The van der Waals surface area contributed by atoms with Crippen LogP contribution in [0, 0.1) is 5.92 Å². The molecule has 0 saturated carbocycles. The minimum Gasteiger partial charge on any atom is -0.459 e. The third-order valence-corrected chi connectivity index (χ3v) is 4.79. The Morgan fingerprint density at radius 3 is 1.74 bits per heavy atom. The maximum absolute atomic E-state index is 12.6. The molecule has 11 nitrogen and oxygen atoms in total. The van der Waals surface area contributed by atoms with Crippen molar-refractivity contribution < 1.29 is 47.6 Å². The van der Waals surface area contributed by atoms with Crippen LogP contribution in [0.2, 0.25) is 0 Å². The Hall–Kier alpha value is -3.34. The zero-order valence-corrected chi connectivity index (χ0v) is 24.6. The average Bonchev–Trinajstić information content (AvgIpc) is 2.71. The summed E-state index contributed by atoms with van der Waals surface area (Å²) in [5.41, 5.74) is 4.92. The van der Waals surface area contributed by atoms with E-state index in [1.165, 1.54) is 12.1 Å². The maximum Gasteiger partial charge on any atom is 0.514 e. The van der Waals surface area contributed by atoms with Crippen molar-refractivity contribution >= 4 is 24.2 Å². The number of rotatable bonds is 10. The zero-order valence-electron chi connectivity index (χ0n) is 24.6. The lowest BCUT2D eigenvalue weighted by molar-refractivity contribution is -0.166. The molecule has 0 fully saturated rings. The number of hydrogen-bond acceptors (Lipinski definition) is 11. The molecule has 0 saturated heterocycles. The van der Waals surface area contributed by atoms with Crippen molar-refractivity contribution in [3.05, 3.63) is 23.8 Å². The molecule has 0 heterocycles. The summed E-state index contributed by atoms with van der Waals surface area (Å²) in [6.45, 7) is 17.1. The molecule has 0 aliphatic heterocycles. The molecular weight excluding hydrogens is 510 g/mol. The van der Waals surface area contributed by atoms with E-state index in [2.05, 4.69) is 0 Å². The second-order valence-corrected chi connectivity index (χ2v) is 11.7. The highest BCUT2D eigenvalue weighted by Crippen LogP contribution is 2.31. The van der Waals surface area contributed by atoms with E-state index in [-0.39, 0.29) is 36.2 Å². The summed E-state index contributed by atoms with van der Waals surface area (Å²) >= 11 is 0. The largest absolute Gasteiger partial charge is 0.514 e. The number of nitrogens with two attached hydrogens (primary N) is 1. The van der Waals surface area contributed by atoms with E-state index in [9.17, 15) is 19.2 Å². The van der Waals surface area contributed by atoms with E-state index in [1.807, 2.05) is 13.8 Å². The molecule has 1 aromatic rings. The van der Waals surface area contributed by atoms with Gasteiger partial charge in [0.25, 0.3) is 0 Å². The Kier molecular flexibility index (Phi) is 12.2. The topological polar surface area (TPSA) is 150 Å². The van der Waals surface area contributed by atoms with Gasteiger partial charge in [-0.1, -0.05) is 19.9 Å². The van der Waals surface area contributed by atoms with Crippen LogP contribution in [-0.2, 0) is 35.0 Å². The summed E-state index contributed by atoms with van der Waals surface area (Å²) in [6, 6.07) is 3.25. The molecule has 2 N–H and O–H groups in total. The highest BCUT2D eigenvalue weighted by molar-refractivity contribution is 5.76. The smallest absolute Gasteiger partial charge is 0.459 e. The van der Waals surface area contributed by atoms with E-state index in [0.29, 0.717) is 5.56 Å².